The van der Waals surface area contributed by atoms with Crippen LogP contribution >= 0.6 is 11.3 Å². The molecule has 0 fully saturated rings. The zero-order valence-electron chi connectivity index (χ0n) is 8.97. The van der Waals surface area contributed by atoms with Crippen molar-refractivity contribution in [2.45, 2.75) is 26.8 Å². The van der Waals surface area contributed by atoms with Crippen molar-refractivity contribution in [1.29, 1.82) is 0 Å². The largest absolute Gasteiger partial charge is 0.341 e. The zero-order valence-corrected chi connectivity index (χ0v) is 9.79. The van der Waals surface area contributed by atoms with E-state index < -0.39 is 0 Å². The van der Waals surface area contributed by atoms with Gasteiger partial charge in [-0.05, 0) is 32.4 Å². The maximum absolute atomic E-state index is 11.1. The van der Waals surface area contributed by atoms with E-state index in [2.05, 4.69) is 30.5 Å². The maximum atomic E-state index is 11.1. The van der Waals surface area contributed by atoms with Crippen molar-refractivity contribution >= 4 is 17.4 Å². The van der Waals surface area contributed by atoms with Crippen molar-refractivity contribution in [3.05, 3.63) is 21.4 Å². The van der Waals surface area contributed by atoms with E-state index in [-0.39, 0.29) is 12.1 Å². The van der Waals surface area contributed by atoms with E-state index in [0.717, 1.165) is 0 Å². The lowest BCUT2D eigenvalue weighted by atomic mass is 10.1. The van der Waals surface area contributed by atoms with Gasteiger partial charge in [-0.1, -0.05) is 0 Å². The van der Waals surface area contributed by atoms with Crippen LogP contribution in [0.25, 0.3) is 0 Å². The van der Waals surface area contributed by atoms with Crippen molar-refractivity contribution in [2.75, 3.05) is 7.05 Å². The molecule has 0 spiro atoms. The van der Waals surface area contributed by atoms with Crippen LogP contribution in [-0.4, -0.2) is 13.1 Å². The molecule has 1 aromatic heterocycles. The summed E-state index contributed by atoms with van der Waals surface area (Å²) in [5.74, 6) is 0. The molecule has 14 heavy (non-hydrogen) atoms. The quantitative estimate of drug-likeness (QED) is 0.776. The number of nitrogens with one attached hydrogen (secondary N) is 2. The summed E-state index contributed by atoms with van der Waals surface area (Å²) < 4.78 is 0. The van der Waals surface area contributed by atoms with Crippen LogP contribution in [0.5, 0.6) is 0 Å². The number of hydrogen-bond acceptors (Lipinski definition) is 2. The minimum absolute atomic E-state index is 0.0694. The second-order valence-corrected chi connectivity index (χ2v) is 4.77. The molecular formula is C10H16N2OS. The molecule has 78 valence electrons. The standard InChI is InChI=1S/C10H16N2OS/c1-6-5-9(8(3)14-6)7(2)12-10(13)11-4/h5,7H,1-4H3,(H2,11,12,13). The Morgan fingerprint density at radius 2 is 2.14 bits per heavy atom. The molecular weight excluding hydrogens is 196 g/mol. The normalized spacial score (nSPS) is 12.3. The lowest BCUT2D eigenvalue weighted by Crippen LogP contribution is -2.34. The van der Waals surface area contributed by atoms with E-state index in [9.17, 15) is 4.79 Å². The van der Waals surface area contributed by atoms with Crippen molar-refractivity contribution < 1.29 is 4.79 Å². The van der Waals surface area contributed by atoms with Crippen LogP contribution in [-0.2, 0) is 0 Å². The van der Waals surface area contributed by atoms with Crippen LogP contribution in [0.15, 0.2) is 6.07 Å². The minimum Gasteiger partial charge on any atom is -0.341 e. The fourth-order valence-corrected chi connectivity index (χ4v) is 2.45. The molecule has 1 heterocycles. The highest BCUT2D eigenvalue weighted by atomic mass is 32.1. The number of amides is 2. The van der Waals surface area contributed by atoms with Crippen molar-refractivity contribution in [1.82, 2.24) is 10.6 Å². The van der Waals surface area contributed by atoms with Gasteiger partial charge in [0.05, 0.1) is 6.04 Å². The Balaban J connectivity index is 2.73. The van der Waals surface area contributed by atoms with Gasteiger partial charge in [-0.25, -0.2) is 4.79 Å². The summed E-state index contributed by atoms with van der Waals surface area (Å²) >= 11 is 1.76. The van der Waals surface area contributed by atoms with Gasteiger partial charge in [0.25, 0.3) is 0 Å². The van der Waals surface area contributed by atoms with E-state index >= 15 is 0 Å². The molecule has 0 aliphatic carbocycles. The Kier molecular flexibility index (Phi) is 3.52. The third-order valence-corrected chi connectivity index (χ3v) is 3.10. The minimum atomic E-state index is -0.138. The molecule has 4 heteroatoms. The zero-order chi connectivity index (χ0) is 10.7. The number of aryl methyl sites for hydroxylation is 2. The Morgan fingerprint density at radius 3 is 2.57 bits per heavy atom. The molecule has 1 aromatic rings. The number of carbonyl (C=O) groups excluding carboxylic acids is 1. The summed E-state index contributed by atoms with van der Waals surface area (Å²) in [5, 5.41) is 5.40. The highest BCUT2D eigenvalue weighted by Crippen LogP contribution is 2.25. The Morgan fingerprint density at radius 1 is 1.50 bits per heavy atom. The lowest BCUT2D eigenvalue weighted by molar-refractivity contribution is 0.240. The van der Waals surface area contributed by atoms with Crippen molar-refractivity contribution in [3.8, 4) is 0 Å². The lowest BCUT2D eigenvalue weighted by Gasteiger charge is -2.13. The molecule has 0 radical (unpaired) electrons. The Hall–Kier alpha value is -1.03. The molecule has 0 saturated carbocycles. The van der Waals surface area contributed by atoms with Crippen LogP contribution in [0.2, 0.25) is 0 Å². The van der Waals surface area contributed by atoms with Gasteiger partial charge in [-0.3, -0.25) is 0 Å². The van der Waals surface area contributed by atoms with Gasteiger partial charge in [0.1, 0.15) is 0 Å². The van der Waals surface area contributed by atoms with Gasteiger partial charge in [-0.2, -0.15) is 0 Å². The molecule has 2 amide bonds. The fourth-order valence-electron chi connectivity index (χ4n) is 1.43. The number of urea groups is 1. The molecule has 1 atom stereocenters. The second-order valence-electron chi connectivity index (χ2n) is 3.31. The molecule has 0 saturated heterocycles. The molecule has 1 rings (SSSR count). The van der Waals surface area contributed by atoms with E-state index in [1.165, 1.54) is 15.3 Å². The van der Waals surface area contributed by atoms with Crippen LogP contribution in [0.4, 0.5) is 4.79 Å². The van der Waals surface area contributed by atoms with E-state index in [1.807, 2.05) is 6.92 Å². The summed E-state index contributed by atoms with van der Waals surface area (Å²) in [6.45, 7) is 6.15. The highest BCUT2D eigenvalue weighted by molar-refractivity contribution is 7.12. The summed E-state index contributed by atoms with van der Waals surface area (Å²) in [5.41, 5.74) is 1.20. The molecule has 0 aromatic carbocycles. The van der Waals surface area contributed by atoms with Crippen LogP contribution < -0.4 is 10.6 Å². The molecule has 1 unspecified atom stereocenters. The van der Waals surface area contributed by atoms with Crippen LogP contribution in [0.3, 0.4) is 0 Å². The second kappa shape index (κ2) is 4.46. The SMILES string of the molecule is CNC(=O)NC(C)c1cc(C)sc1C. The van der Waals surface area contributed by atoms with E-state index in [0.29, 0.717) is 0 Å². The van der Waals surface area contributed by atoms with Gasteiger partial charge < -0.3 is 10.6 Å². The van der Waals surface area contributed by atoms with Gasteiger partial charge in [0.15, 0.2) is 0 Å². The van der Waals surface area contributed by atoms with E-state index in [4.69, 9.17) is 0 Å². The third-order valence-electron chi connectivity index (χ3n) is 2.12. The van der Waals surface area contributed by atoms with Crippen molar-refractivity contribution in [2.24, 2.45) is 0 Å². The average Bonchev–Trinajstić information content (AvgIpc) is 2.45. The molecule has 0 aliphatic heterocycles. The number of carbonyl (C=O) groups is 1. The van der Waals surface area contributed by atoms with Crippen LogP contribution in [0, 0.1) is 13.8 Å². The smallest absolute Gasteiger partial charge is 0.315 e. The predicted octanol–water partition coefficient (Wildman–Crippen LogP) is 2.35. The summed E-state index contributed by atoms with van der Waals surface area (Å²) in [6.07, 6.45) is 0. The van der Waals surface area contributed by atoms with Gasteiger partial charge >= 0.3 is 6.03 Å². The maximum Gasteiger partial charge on any atom is 0.315 e. The van der Waals surface area contributed by atoms with Gasteiger partial charge in [0.2, 0.25) is 0 Å². The molecule has 3 nitrogen and oxygen atoms in total. The first-order valence-corrected chi connectivity index (χ1v) is 5.41. The first kappa shape index (κ1) is 11.0. The third kappa shape index (κ3) is 2.48. The van der Waals surface area contributed by atoms with Crippen LogP contribution in [0.1, 0.15) is 28.3 Å². The number of rotatable bonds is 2. The van der Waals surface area contributed by atoms with Crippen molar-refractivity contribution in [3.63, 3.8) is 0 Å². The fraction of sp³-hybridized carbons (Fsp3) is 0.500. The topological polar surface area (TPSA) is 41.1 Å². The molecule has 2 N–H and O–H groups in total. The molecule has 0 aliphatic rings. The van der Waals surface area contributed by atoms with E-state index in [1.54, 1.807) is 18.4 Å². The summed E-state index contributed by atoms with van der Waals surface area (Å²) in [7, 11) is 1.62. The molecule has 0 bridgehead atoms. The monoisotopic (exact) mass is 212 g/mol. The summed E-state index contributed by atoms with van der Waals surface area (Å²) in [6, 6.07) is 2.06. The Bertz CT molecular complexity index is 333. The van der Waals surface area contributed by atoms with Gasteiger partial charge in [0, 0.05) is 16.8 Å². The summed E-state index contributed by atoms with van der Waals surface area (Å²) in [4.78, 5) is 13.6. The number of thiophene rings is 1. The Labute approximate surface area is 88.5 Å². The first-order chi connectivity index (χ1) is 6.54. The highest BCUT2D eigenvalue weighted by Gasteiger charge is 2.12. The first-order valence-electron chi connectivity index (χ1n) is 4.59. The van der Waals surface area contributed by atoms with Gasteiger partial charge in [-0.15, -0.1) is 11.3 Å². The number of hydrogen-bond donors (Lipinski definition) is 2. The predicted molar refractivity (Wildman–Crippen MR) is 59.8 cm³/mol. The average molecular weight is 212 g/mol.